The van der Waals surface area contributed by atoms with E-state index in [1.165, 1.54) is 0 Å². The summed E-state index contributed by atoms with van der Waals surface area (Å²) < 4.78 is 0. The maximum Gasteiger partial charge on any atom is 0.220 e. The van der Waals surface area contributed by atoms with Crippen LogP contribution in [0.3, 0.4) is 0 Å². The number of rotatable bonds is 6. The molecule has 14 heavy (non-hydrogen) atoms. The molecule has 0 aromatic heterocycles. The van der Waals surface area contributed by atoms with Crippen LogP contribution in [0.5, 0.6) is 0 Å². The molecular formula is C11H24N2O. The first kappa shape index (κ1) is 13.4. The van der Waals surface area contributed by atoms with Crippen molar-refractivity contribution in [2.24, 2.45) is 17.6 Å². The van der Waals surface area contributed by atoms with Crippen molar-refractivity contribution in [1.82, 2.24) is 5.32 Å². The zero-order valence-corrected chi connectivity index (χ0v) is 9.84. The van der Waals surface area contributed by atoms with Crippen LogP contribution >= 0.6 is 0 Å². The van der Waals surface area contributed by atoms with E-state index in [1.54, 1.807) is 0 Å². The Morgan fingerprint density at radius 2 is 1.79 bits per heavy atom. The van der Waals surface area contributed by atoms with Gasteiger partial charge >= 0.3 is 0 Å². The van der Waals surface area contributed by atoms with Crippen LogP contribution in [0.1, 0.15) is 40.5 Å². The predicted molar refractivity (Wildman–Crippen MR) is 59.9 cm³/mol. The van der Waals surface area contributed by atoms with E-state index >= 15 is 0 Å². The Bertz CT molecular complexity index is 167. The number of nitrogens with one attached hydrogen (secondary N) is 1. The number of hydrogen-bond acceptors (Lipinski definition) is 2. The van der Waals surface area contributed by atoms with Crippen molar-refractivity contribution in [3.63, 3.8) is 0 Å². The lowest BCUT2D eigenvalue weighted by Crippen LogP contribution is -2.41. The first-order chi connectivity index (χ1) is 6.45. The zero-order valence-electron chi connectivity index (χ0n) is 9.84. The minimum Gasteiger partial charge on any atom is -0.352 e. The molecule has 1 unspecified atom stereocenters. The highest BCUT2D eigenvalue weighted by Gasteiger charge is 2.12. The molecule has 0 rings (SSSR count). The third-order valence-corrected chi connectivity index (χ3v) is 2.00. The maximum atomic E-state index is 11.4. The minimum absolute atomic E-state index is 0.121. The number of carbonyl (C=O) groups excluding carboxylic acids is 1. The summed E-state index contributed by atoms with van der Waals surface area (Å²) in [5.74, 6) is 1.10. The first-order valence-corrected chi connectivity index (χ1v) is 5.45. The Morgan fingerprint density at radius 1 is 1.21 bits per heavy atom. The van der Waals surface area contributed by atoms with Crippen LogP contribution in [0.25, 0.3) is 0 Å². The second-order valence-electron chi connectivity index (χ2n) is 4.73. The summed E-state index contributed by atoms with van der Waals surface area (Å²) in [6.45, 7) is 8.88. The SMILES string of the molecule is CC(C)CC(=O)NC(CN)CC(C)C. The van der Waals surface area contributed by atoms with E-state index in [2.05, 4.69) is 19.2 Å². The average Bonchev–Trinajstić information content (AvgIpc) is 2.00. The Hall–Kier alpha value is -0.570. The van der Waals surface area contributed by atoms with Crippen LogP contribution in [-0.4, -0.2) is 18.5 Å². The Kier molecular flexibility index (Phi) is 6.54. The lowest BCUT2D eigenvalue weighted by atomic mass is 10.0. The number of nitrogens with two attached hydrogens (primary N) is 1. The summed E-state index contributed by atoms with van der Waals surface area (Å²) in [5.41, 5.74) is 5.59. The van der Waals surface area contributed by atoms with E-state index in [1.807, 2.05) is 13.8 Å². The lowest BCUT2D eigenvalue weighted by molar-refractivity contribution is -0.122. The largest absolute Gasteiger partial charge is 0.352 e. The van der Waals surface area contributed by atoms with Crippen molar-refractivity contribution in [2.45, 2.75) is 46.6 Å². The molecule has 0 aliphatic rings. The molecule has 0 heterocycles. The van der Waals surface area contributed by atoms with Gasteiger partial charge in [0.05, 0.1) is 0 Å². The molecule has 0 aromatic carbocycles. The molecule has 1 amide bonds. The van der Waals surface area contributed by atoms with Gasteiger partial charge < -0.3 is 11.1 Å². The second-order valence-corrected chi connectivity index (χ2v) is 4.73. The van der Waals surface area contributed by atoms with Gasteiger partial charge in [-0.05, 0) is 18.3 Å². The van der Waals surface area contributed by atoms with Gasteiger partial charge in [0.2, 0.25) is 5.91 Å². The number of amides is 1. The van der Waals surface area contributed by atoms with Crippen molar-refractivity contribution >= 4 is 5.91 Å². The summed E-state index contributed by atoms with van der Waals surface area (Å²) in [5, 5.41) is 2.97. The fourth-order valence-corrected chi connectivity index (χ4v) is 1.44. The van der Waals surface area contributed by atoms with E-state index in [0.717, 1.165) is 6.42 Å². The zero-order chi connectivity index (χ0) is 11.1. The van der Waals surface area contributed by atoms with Crippen LogP contribution in [0.4, 0.5) is 0 Å². The van der Waals surface area contributed by atoms with Gasteiger partial charge in [0, 0.05) is 19.0 Å². The average molecular weight is 200 g/mol. The fourth-order valence-electron chi connectivity index (χ4n) is 1.44. The standard InChI is InChI=1S/C11H24N2O/c1-8(2)5-10(7-12)13-11(14)6-9(3)4/h8-10H,5-7,12H2,1-4H3,(H,13,14). The monoisotopic (exact) mass is 200 g/mol. The summed E-state index contributed by atoms with van der Waals surface area (Å²) in [6, 6.07) is 0.140. The third-order valence-electron chi connectivity index (χ3n) is 2.00. The molecule has 3 heteroatoms. The molecule has 0 aliphatic carbocycles. The van der Waals surface area contributed by atoms with Crippen LogP contribution < -0.4 is 11.1 Å². The molecule has 0 spiro atoms. The van der Waals surface area contributed by atoms with Crippen molar-refractivity contribution in [2.75, 3.05) is 6.54 Å². The van der Waals surface area contributed by atoms with E-state index in [0.29, 0.717) is 24.8 Å². The minimum atomic E-state index is 0.121. The number of carbonyl (C=O) groups is 1. The Labute approximate surface area is 87.4 Å². The summed E-state index contributed by atoms with van der Waals surface area (Å²) in [7, 11) is 0. The van der Waals surface area contributed by atoms with Gasteiger partial charge in [-0.15, -0.1) is 0 Å². The van der Waals surface area contributed by atoms with Crippen molar-refractivity contribution in [1.29, 1.82) is 0 Å². The third kappa shape index (κ3) is 6.89. The second kappa shape index (κ2) is 6.82. The van der Waals surface area contributed by atoms with Gasteiger partial charge in [0.1, 0.15) is 0 Å². The molecule has 0 radical (unpaired) electrons. The van der Waals surface area contributed by atoms with E-state index in [9.17, 15) is 4.79 Å². The molecule has 3 N–H and O–H groups in total. The van der Waals surface area contributed by atoms with E-state index in [4.69, 9.17) is 5.73 Å². The first-order valence-electron chi connectivity index (χ1n) is 5.45. The van der Waals surface area contributed by atoms with E-state index < -0.39 is 0 Å². The van der Waals surface area contributed by atoms with Gasteiger partial charge in [-0.1, -0.05) is 27.7 Å². The van der Waals surface area contributed by atoms with Gasteiger partial charge in [0.15, 0.2) is 0 Å². The van der Waals surface area contributed by atoms with Crippen molar-refractivity contribution in [3.05, 3.63) is 0 Å². The number of hydrogen-bond donors (Lipinski definition) is 2. The molecule has 84 valence electrons. The Morgan fingerprint density at radius 3 is 2.14 bits per heavy atom. The topological polar surface area (TPSA) is 55.1 Å². The molecule has 0 fully saturated rings. The highest BCUT2D eigenvalue weighted by atomic mass is 16.1. The van der Waals surface area contributed by atoms with E-state index in [-0.39, 0.29) is 11.9 Å². The van der Waals surface area contributed by atoms with Crippen LogP contribution in [-0.2, 0) is 4.79 Å². The van der Waals surface area contributed by atoms with Crippen molar-refractivity contribution < 1.29 is 4.79 Å². The maximum absolute atomic E-state index is 11.4. The van der Waals surface area contributed by atoms with Gasteiger partial charge in [-0.2, -0.15) is 0 Å². The highest BCUT2D eigenvalue weighted by molar-refractivity contribution is 5.76. The Balaban J connectivity index is 3.86. The molecule has 1 atom stereocenters. The lowest BCUT2D eigenvalue weighted by Gasteiger charge is -2.19. The highest BCUT2D eigenvalue weighted by Crippen LogP contribution is 2.05. The molecular weight excluding hydrogens is 176 g/mol. The molecule has 0 aromatic rings. The van der Waals surface area contributed by atoms with Crippen molar-refractivity contribution in [3.8, 4) is 0 Å². The molecule has 0 aliphatic heterocycles. The summed E-state index contributed by atoms with van der Waals surface area (Å²) >= 11 is 0. The van der Waals surface area contributed by atoms with Crippen LogP contribution in [0.15, 0.2) is 0 Å². The smallest absolute Gasteiger partial charge is 0.220 e. The molecule has 0 saturated heterocycles. The van der Waals surface area contributed by atoms with Crippen LogP contribution in [0.2, 0.25) is 0 Å². The van der Waals surface area contributed by atoms with Gasteiger partial charge in [0.25, 0.3) is 0 Å². The van der Waals surface area contributed by atoms with Gasteiger partial charge in [-0.3, -0.25) is 4.79 Å². The molecule has 0 bridgehead atoms. The van der Waals surface area contributed by atoms with Gasteiger partial charge in [-0.25, -0.2) is 0 Å². The van der Waals surface area contributed by atoms with Crippen LogP contribution in [0, 0.1) is 11.8 Å². The summed E-state index contributed by atoms with van der Waals surface area (Å²) in [6.07, 6.45) is 1.55. The normalized spacial score (nSPS) is 13.4. The predicted octanol–water partition coefficient (Wildman–Crippen LogP) is 1.52. The fraction of sp³-hybridized carbons (Fsp3) is 0.909. The quantitative estimate of drug-likeness (QED) is 0.683. The molecule has 3 nitrogen and oxygen atoms in total. The molecule has 0 saturated carbocycles. The summed E-state index contributed by atoms with van der Waals surface area (Å²) in [4.78, 5) is 11.4.